The van der Waals surface area contributed by atoms with Gasteiger partial charge in [-0.1, -0.05) is 24.1 Å². The summed E-state index contributed by atoms with van der Waals surface area (Å²) >= 11 is 0. The molecule has 0 radical (unpaired) electrons. The number of hydrogen-bond acceptors (Lipinski definition) is 1. The molecule has 3 rings (SSSR count). The summed E-state index contributed by atoms with van der Waals surface area (Å²) in [5.74, 6) is 3.27. The Bertz CT molecular complexity index is 427. The second kappa shape index (κ2) is 3.31. The summed E-state index contributed by atoms with van der Waals surface area (Å²) in [6.45, 7) is 2.35. The van der Waals surface area contributed by atoms with E-state index in [1.807, 2.05) is 0 Å². The van der Waals surface area contributed by atoms with Crippen LogP contribution in [0, 0.1) is 12.3 Å². The average molecular weight is 197 g/mol. The molecule has 0 bridgehead atoms. The van der Waals surface area contributed by atoms with E-state index in [1.54, 1.807) is 0 Å². The van der Waals surface area contributed by atoms with Crippen molar-refractivity contribution in [3.05, 3.63) is 29.3 Å². The Hall–Kier alpha value is -1.42. The van der Waals surface area contributed by atoms with Crippen LogP contribution in [0.5, 0.6) is 0 Å². The quantitative estimate of drug-likeness (QED) is 0.578. The highest BCUT2D eigenvalue weighted by Crippen LogP contribution is 2.39. The summed E-state index contributed by atoms with van der Waals surface area (Å²) in [7, 11) is 0. The molecule has 1 aromatic carbocycles. The maximum Gasteiger partial charge on any atom is 0.0487 e. The lowest BCUT2D eigenvalue weighted by atomic mass is 9.85. The van der Waals surface area contributed by atoms with E-state index in [-0.39, 0.29) is 0 Å². The van der Waals surface area contributed by atoms with Gasteiger partial charge in [0.15, 0.2) is 0 Å². The lowest BCUT2D eigenvalue weighted by Gasteiger charge is -2.38. The summed E-state index contributed by atoms with van der Waals surface area (Å²) in [6.07, 6.45) is 9.23. The number of nitrogens with zero attached hydrogens (tertiary/aromatic N) is 1. The molecule has 1 aromatic rings. The minimum absolute atomic E-state index is 0.342. The molecule has 0 spiro atoms. The highest BCUT2D eigenvalue weighted by Gasteiger charge is 2.27. The van der Waals surface area contributed by atoms with Gasteiger partial charge in [0.25, 0.3) is 0 Å². The molecule has 1 atom stereocenters. The maximum atomic E-state index is 5.60. The van der Waals surface area contributed by atoms with Gasteiger partial charge < -0.3 is 4.90 Å². The molecule has 2 aliphatic heterocycles. The van der Waals surface area contributed by atoms with Crippen molar-refractivity contribution in [2.45, 2.75) is 25.2 Å². The Morgan fingerprint density at radius 2 is 2.27 bits per heavy atom. The summed E-state index contributed by atoms with van der Waals surface area (Å²) < 4.78 is 0. The lowest BCUT2D eigenvalue weighted by Crippen LogP contribution is -2.35. The number of anilines is 1. The first-order chi connectivity index (χ1) is 7.40. The Morgan fingerprint density at radius 1 is 1.33 bits per heavy atom. The topological polar surface area (TPSA) is 3.24 Å². The van der Waals surface area contributed by atoms with Crippen LogP contribution < -0.4 is 4.90 Å². The van der Waals surface area contributed by atoms with Crippen LogP contribution in [0.2, 0.25) is 0 Å². The van der Waals surface area contributed by atoms with E-state index in [1.165, 1.54) is 36.2 Å². The molecule has 0 fully saturated rings. The highest BCUT2D eigenvalue weighted by atomic mass is 15.1. The molecule has 15 heavy (non-hydrogen) atoms. The molecule has 2 heterocycles. The van der Waals surface area contributed by atoms with Crippen LogP contribution in [0.1, 0.15) is 29.9 Å². The third-order valence-corrected chi connectivity index (χ3v) is 3.61. The fourth-order valence-corrected chi connectivity index (χ4v) is 2.89. The van der Waals surface area contributed by atoms with Gasteiger partial charge in [-0.25, -0.2) is 0 Å². The Labute approximate surface area is 91.1 Å². The van der Waals surface area contributed by atoms with Crippen molar-refractivity contribution < 1.29 is 0 Å². The molecule has 0 saturated carbocycles. The van der Waals surface area contributed by atoms with Gasteiger partial charge >= 0.3 is 0 Å². The second-order valence-corrected chi connectivity index (χ2v) is 4.45. The first-order valence-electron chi connectivity index (χ1n) is 5.73. The fraction of sp³-hybridized carbons (Fsp3) is 0.429. The monoisotopic (exact) mass is 197 g/mol. The molecule has 1 heteroatoms. The number of aryl methyl sites for hydroxylation is 1. The molecular weight excluding hydrogens is 182 g/mol. The first kappa shape index (κ1) is 8.85. The summed E-state index contributed by atoms with van der Waals surface area (Å²) in [5.41, 5.74) is 4.35. The van der Waals surface area contributed by atoms with Gasteiger partial charge in [0.05, 0.1) is 0 Å². The Morgan fingerprint density at radius 3 is 3.13 bits per heavy atom. The predicted octanol–water partition coefficient (Wildman–Crippen LogP) is 2.56. The zero-order chi connectivity index (χ0) is 10.3. The number of terminal acetylenes is 1. The zero-order valence-corrected chi connectivity index (χ0v) is 8.87. The van der Waals surface area contributed by atoms with Crippen LogP contribution in [0.3, 0.4) is 0 Å². The highest BCUT2D eigenvalue weighted by molar-refractivity contribution is 5.65. The van der Waals surface area contributed by atoms with E-state index in [4.69, 9.17) is 6.42 Å². The van der Waals surface area contributed by atoms with Crippen molar-refractivity contribution in [3.63, 3.8) is 0 Å². The van der Waals surface area contributed by atoms with Crippen LogP contribution in [0.4, 0.5) is 5.69 Å². The molecule has 0 saturated heterocycles. The smallest absolute Gasteiger partial charge is 0.0487 e. The average Bonchev–Trinajstić information content (AvgIpc) is 2.30. The van der Waals surface area contributed by atoms with E-state index in [9.17, 15) is 0 Å². The van der Waals surface area contributed by atoms with Gasteiger partial charge in [-0.2, -0.15) is 0 Å². The van der Waals surface area contributed by atoms with E-state index in [0.717, 1.165) is 13.0 Å². The normalized spacial score (nSPS) is 23.1. The predicted molar refractivity (Wildman–Crippen MR) is 63.2 cm³/mol. The van der Waals surface area contributed by atoms with Crippen molar-refractivity contribution in [3.8, 4) is 12.3 Å². The summed E-state index contributed by atoms with van der Waals surface area (Å²) in [4.78, 5) is 2.52. The minimum Gasteiger partial charge on any atom is -0.371 e. The largest absolute Gasteiger partial charge is 0.371 e. The van der Waals surface area contributed by atoms with Crippen LogP contribution in [-0.2, 0) is 6.42 Å². The third kappa shape index (κ3) is 1.25. The first-order valence-corrected chi connectivity index (χ1v) is 5.73. The fourth-order valence-electron chi connectivity index (χ4n) is 2.89. The van der Waals surface area contributed by atoms with Crippen LogP contribution in [-0.4, -0.2) is 13.1 Å². The Kier molecular flexibility index (Phi) is 1.95. The maximum absolute atomic E-state index is 5.60. The molecule has 2 aliphatic rings. The van der Waals surface area contributed by atoms with Crippen molar-refractivity contribution in [2.75, 3.05) is 18.0 Å². The SMILES string of the molecule is C#CC1CCN2CCCc3cccc1c32. The van der Waals surface area contributed by atoms with E-state index < -0.39 is 0 Å². The molecular formula is C14H15N. The number of hydrogen-bond donors (Lipinski definition) is 0. The van der Waals surface area contributed by atoms with Crippen LogP contribution in [0.25, 0.3) is 0 Å². The van der Waals surface area contributed by atoms with Crippen LogP contribution in [0.15, 0.2) is 18.2 Å². The van der Waals surface area contributed by atoms with Gasteiger partial charge in [-0.15, -0.1) is 6.42 Å². The molecule has 76 valence electrons. The lowest BCUT2D eigenvalue weighted by molar-refractivity contribution is 0.612. The van der Waals surface area contributed by atoms with Crippen LogP contribution >= 0.6 is 0 Å². The number of para-hydroxylation sites is 1. The molecule has 0 N–H and O–H groups in total. The minimum atomic E-state index is 0.342. The summed E-state index contributed by atoms with van der Waals surface area (Å²) in [6, 6.07) is 6.62. The van der Waals surface area contributed by atoms with E-state index in [2.05, 4.69) is 29.0 Å². The molecule has 1 nitrogen and oxygen atoms in total. The third-order valence-electron chi connectivity index (χ3n) is 3.61. The van der Waals surface area contributed by atoms with E-state index >= 15 is 0 Å². The van der Waals surface area contributed by atoms with Gasteiger partial charge in [-0.3, -0.25) is 0 Å². The molecule has 0 aliphatic carbocycles. The van der Waals surface area contributed by atoms with Crippen molar-refractivity contribution >= 4 is 5.69 Å². The van der Waals surface area contributed by atoms with Gasteiger partial charge in [0, 0.05) is 24.7 Å². The van der Waals surface area contributed by atoms with Gasteiger partial charge in [-0.05, 0) is 30.4 Å². The molecule has 0 amide bonds. The van der Waals surface area contributed by atoms with Gasteiger partial charge in [0.2, 0.25) is 0 Å². The van der Waals surface area contributed by atoms with Gasteiger partial charge in [0.1, 0.15) is 0 Å². The zero-order valence-electron chi connectivity index (χ0n) is 8.87. The van der Waals surface area contributed by atoms with Crippen molar-refractivity contribution in [1.82, 2.24) is 0 Å². The second-order valence-electron chi connectivity index (χ2n) is 4.45. The van der Waals surface area contributed by atoms with E-state index in [0.29, 0.717) is 5.92 Å². The number of benzene rings is 1. The molecule has 1 unspecified atom stereocenters. The summed E-state index contributed by atoms with van der Waals surface area (Å²) in [5, 5.41) is 0. The standard InChI is InChI=1S/C14H15N/c1-2-11-8-10-15-9-4-6-12-5-3-7-13(11)14(12)15/h1,3,5,7,11H,4,6,8-10H2. The van der Waals surface area contributed by atoms with Crippen molar-refractivity contribution in [2.24, 2.45) is 0 Å². The van der Waals surface area contributed by atoms with Crippen molar-refractivity contribution in [1.29, 1.82) is 0 Å². The number of rotatable bonds is 0. The Balaban J connectivity index is 2.18. The molecule has 0 aromatic heterocycles.